The average Bonchev–Trinajstić information content (AvgIpc) is 2.91. The predicted octanol–water partition coefficient (Wildman–Crippen LogP) is 2.41. The van der Waals surface area contributed by atoms with Gasteiger partial charge < -0.3 is 5.11 Å². The zero-order valence-electron chi connectivity index (χ0n) is 11.5. The van der Waals surface area contributed by atoms with Gasteiger partial charge in [0.25, 0.3) is 5.82 Å². The Labute approximate surface area is 117 Å². The minimum absolute atomic E-state index is 0.129. The highest BCUT2D eigenvalue weighted by Crippen LogP contribution is 2.27. The Bertz CT molecular complexity index is 661. The molecule has 0 saturated carbocycles. The molecule has 1 aromatic heterocycles. The third-order valence-electron chi connectivity index (χ3n) is 3.78. The highest BCUT2D eigenvalue weighted by Gasteiger charge is 2.19. The zero-order chi connectivity index (χ0) is 14.1. The number of hydrogen-bond donors (Lipinski definition) is 1. The molecular formula is C15H17N3O2. The maximum absolute atomic E-state index is 11.1. The molecule has 1 aliphatic carbocycles. The number of aromatic carboxylic acids is 1. The second-order valence-electron chi connectivity index (χ2n) is 5.04. The summed E-state index contributed by atoms with van der Waals surface area (Å²) in [5, 5.41) is 13.2. The van der Waals surface area contributed by atoms with Crippen molar-refractivity contribution >= 4 is 5.97 Å². The monoisotopic (exact) mass is 271 g/mol. The van der Waals surface area contributed by atoms with Gasteiger partial charge in [0.15, 0.2) is 0 Å². The van der Waals surface area contributed by atoms with Gasteiger partial charge in [0, 0.05) is 6.42 Å². The second-order valence-corrected chi connectivity index (χ2v) is 5.04. The van der Waals surface area contributed by atoms with Crippen molar-refractivity contribution in [1.29, 1.82) is 0 Å². The third kappa shape index (κ3) is 2.09. The average molecular weight is 271 g/mol. The van der Waals surface area contributed by atoms with Crippen molar-refractivity contribution in [1.82, 2.24) is 14.8 Å². The van der Waals surface area contributed by atoms with Crippen LogP contribution in [0.25, 0.3) is 5.69 Å². The third-order valence-corrected chi connectivity index (χ3v) is 3.78. The van der Waals surface area contributed by atoms with Gasteiger partial charge >= 0.3 is 5.97 Å². The Morgan fingerprint density at radius 2 is 2.15 bits per heavy atom. The molecule has 0 atom stereocenters. The molecule has 1 aromatic carbocycles. The Morgan fingerprint density at radius 1 is 1.35 bits per heavy atom. The molecule has 0 spiro atoms. The van der Waals surface area contributed by atoms with Crippen LogP contribution in [0.5, 0.6) is 0 Å². The summed E-state index contributed by atoms with van der Waals surface area (Å²) in [6, 6.07) is 6.17. The van der Waals surface area contributed by atoms with Crippen LogP contribution in [-0.2, 0) is 19.3 Å². The summed E-state index contributed by atoms with van der Waals surface area (Å²) in [4.78, 5) is 15.2. The summed E-state index contributed by atoms with van der Waals surface area (Å²) >= 11 is 0. The first kappa shape index (κ1) is 12.8. The van der Waals surface area contributed by atoms with E-state index < -0.39 is 5.97 Å². The highest BCUT2D eigenvalue weighted by molar-refractivity contribution is 5.83. The molecule has 0 amide bonds. The van der Waals surface area contributed by atoms with E-state index in [2.05, 4.69) is 16.1 Å². The number of rotatable bonds is 3. The van der Waals surface area contributed by atoms with Crippen LogP contribution < -0.4 is 0 Å². The minimum Gasteiger partial charge on any atom is -0.475 e. The number of aryl methyl sites for hydroxylation is 2. The molecule has 20 heavy (non-hydrogen) atoms. The fourth-order valence-electron chi connectivity index (χ4n) is 2.82. The highest BCUT2D eigenvalue weighted by atomic mass is 16.4. The molecule has 0 saturated heterocycles. The summed E-state index contributed by atoms with van der Waals surface area (Å²) in [7, 11) is 0. The van der Waals surface area contributed by atoms with Crippen molar-refractivity contribution < 1.29 is 9.90 Å². The van der Waals surface area contributed by atoms with Crippen molar-refractivity contribution in [3.8, 4) is 5.69 Å². The Kier molecular flexibility index (Phi) is 3.26. The Morgan fingerprint density at radius 3 is 2.90 bits per heavy atom. The van der Waals surface area contributed by atoms with Crippen LogP contribution in [0, 0.1) is 0 Å². The summed E-state index contributed by atoms with van der Waals surface area (Å²) in [5.74, 6) is -0.514. The lowest BCUT2D eigenvalue weighted by atomic mass is 9.90. The van der Waals surface area contributed by atoms with Crippen molar-refractivity contribution in [3.05, 3.63) is 41.0 Å². The largest absolute Gasteiger partial charge is 0.475 e. The van der Waals surface area contributed by atoms with Crippen molar-refractivity contribution in [2.24, 2.45) is 0 Å². The van der Waals surface area contributed by atoms with E-state index in [0.29, 0.717) is 12.2 Å². The number of aromatic nitrogens is 3. The van der Waals surface area contributed by atoms with Crippen LogP contribution in [0.15, 0.2) is 18.2 Å². The number of carbonyl (C=O) groups is 1. The first-order chi connectivity index (χ1) is 9.70. The molecule has 0 bridgehead atoms. The zero-order valence-corrected chi connectivity index (χ0v) is 11.5. The van der Waals surface area contributed by atoms with Gasteiger partial charge in [-0.15, -0.1) is 5.10 Å². The molecule has 1 N–H and O–H groups in total. The maximum Gasteiger partial charge on any atom is 0.375 e. The van der Waals surface area contributed by atoms with Gasteiger partial charge in [0.05, 0.1) is 5.69 Å². The molecule has 3 rings (SSSR count). The van der Waals surface area contributed by atoms with Crippen LogP contribution in [-0.4, -0.2) is 25.8 Å². The van der Waals surface area contributed by atoms with Crippen molar-refractivity contribution in [2.45, 2.75) is 39.0 Å². The summed E-state index contributed by atoms with van der Waals surface area (Å²) in [6.45, 7) is 1.96. The first-order valence-corrected chi connectivity index (χ1v) is 7.01. The minimum atomic E-state index is -1.08. The fraction of sp³-hybridized carbons (Fsp3) is 0.400. The standard InChI is InChI=1S/C15H17N3O2/c1-2-13-16-14(15(19)20)17-18(13)12-9-5-7-10-6-3-4-8-11(10)12/h5,7,9H,2-4,6,8H2,1H3,(H,19,20). The van der Waals surface area contributed by atoms with Gasteiger partial charge in [-0.25, -0.2) is 14.5 Å². The van der Waals surface area contributed by atoms with Crippen LogP contribution in [0.1, 0.15) is 47.3 Å². The van der Waals surface area contributed by atoms with E-state index in [9.17, 15) is 4.79 Å². The van der Waals surface area contributed by atoms with E-state index in [-0.39, 0.29) is 5.82 Å². The molecule has 1 heterocycles. The van der Waals surface area contributed by atoms with Gasteiger partial charge in [-0.1, -0.05) is 19.1 Å². The number of carboxylic acids is 1. The normalized spacial score (nSPS) is 14.1. The molecule has 1 aliphatic rings. The van der Waals surface area contributed by atoms with E-state index in [1.54, 1.807) is 4.68 Å². The molecule has 2 aromatic rings. The lowest BCUT2D eigenvalue weighted by Gasteiger charge is -2.19. The molecule has 104 valence electrons. The molecular weight excluding hydrogens is 254 g/mol. The number of fused-ring (bicyclic) bond motifs is 1. The van der Waals surface area contributed by atoms with Crippen LogP contribution in [0.3, 0.4) is 0 Å². The lowest BCUT2D eigenvalue weighted by molar-refractivity contribution is 0.0683. The summed E-state index contributed by atoms with van der Waals surface area (Å²) in [5.41, 5.74) is 3.62. The van der Waals surface area contributed by atoms with Gasteiger partial charge in [0.2, 0.25) is 0 Å². The van der Waals surface area contributed by atoms with E-state index in [4.69, 9.17) is 5.11 Å². The van der Waals surface area contributed by atoms with Crippen LogP contribution in [0.4, 0.5) is 0 Å². The number of benzene rings is 1. The number of carboxylic acid groups (broad SMARTS) is 1. The molecule has 5 heteroatoms. The number of hydrogen-bond acceptors (Lipinski definition) is 3. The SMILES string of the molecule is CCc1nc(C(=O)O)nn1-c1cccc2c1CCCC2. The lowest BCUT2D eigenvalue weighted by Crippen LogP contribution is -2.11. The molecule has 0 radical (unpaired) electrons. The molecule has 0 aliphatic heterocycles. The van der Waals surface area contributed by atoms with Gasteiger partial charge in [-0.3, -0.25) is 0 Å². The van der Waals surface area contributed by atoms with Crippen molar-refractivity contribution in [3.63, 3.8) is 0 Å². The van der Waals surface area contributed by atoms with Gasteiger partial charge in [0.1, 0.15) is 5.82 Å². The molecule has 0 fully saturated rings. The Hall–Kier alpha value is -2.17. The topological polar surface area (TPSA) is 68.0 Å². The quantitative estimate of drug-likeness (QED) is 0.930. The van der Waals surface area contributed by atoms with Crippen LogP contribution in [0.2, 0.25) is 0 Å². The van der Waals surface area contributed by atoms with Gasteiger partial charge in [-0.05, 0) is 42.9 Å². The Balaban J connectivity index is 2.15. The van der Waals surface area contributed by atoms with E-state index >= 15 is 0 Å². The second kappa shape index (κ2) is 5.07. The van der Waals surface area contributed by atoms with Gasteiger partial charge in [-0.2, -0.15) is 0 Å². The van der Waals surface area contributed by atoms with Crippen LogP contribution >= 0.6 is 0 Å². The molecule has 0 unspecified atom stereocenters. The van der Waals surface area contributed by atoms with E-state index in [1.807, 2.05) is 19.1 Å². The summed E-state index contributed by atoms with van der Waals surface area (Å²) < 4.78 is 1.70. The summed E-state index contributed by atoms with van der Waals surface area (Å²) in [6.07, 6.45) is 5.16. The predicted molar refractivity (Wildman–Crippen MR) is 74.3 cm³/mol. The van der Waals surface area contributed by atoms with Crippen molar-refractivity contribution in [2.75, 3.05) is 0 Å². The first-order valence-electron chi connectivity index (χ1n) is 7.01. The number of nitrogens with zero attached hydrogens (tertiary/aromatic N) is 3. The van der Waals surface area contributed by atoms with E-state index in [0.717, 1.165) is 18.5 Å². The van der Waals surface area contributed by atoms with E-state index in [1.165, 1.54) is 24.0 Å². The fourth-order valence-corrected chi connectivity index (χ4v) is 2.82. The smallest absolute Gasteiger partial charge is 0.375 e. The maximum atomic E-state index is 11.1. The molecule has 5 nitrogen and oxygen atoms in total.